The summed E-state index contributed by atoms with van der Waals surface area (Å²) in [6.45, 7) is 6.74. The number of alkyl halides is 3. The van der Waals surface area contributed by atoms with Crippen LogP contribution >= 0.6 is 23.2 Å². The Bertz CT molecular complexity index is 1060. The third-order valence-electron chi connectivity index (χ3n) is 4.63. The Kier molecular flexibility index (Phi) is 6.41. The number of benzene rings is 2. The number of aryl methyl sites for hydroxylation is 1. The number of hydrogen-bond acceptors (Lipinski definition) is 4. The summed E-state index contributed by atoms with van der Waals surface area (Å²) in [7, 11) is 0. The minimum atomic E-state index is -4.76. The monoisotopic (exact) mass is 488 g/mol. The SMILES string of the molecule is Cc1cc(Cl)cc(C2(C(F)(F)F)CC(c3ccc(Cl)c(NC(=O)OC(C)(C)C)c3)=NO2)c1. The van der Waals surface area contributed by atoms with E-state index in [0.29, 0.717) is 11.1 Å². The molecule has 0 saturated carbocycles. The smallest absolute Gasteiger partial charge is 0.435 e. The quantitative estimate of drug-likeness (QED) is 0.495. The molecule has 0 radical (unpaired) electrons. The van der Waals surface area contributed by atoms with Gasteiger partial charge in [-0.25, -0.2) is 4.79 Å². The van der Waals surface area contributed by atoms with E-state index in [2.05, 4.69) is 10.5 Å². The fourth-order valence-electron chi connectivity index (χ4n) is 3.24. The highest BCUT2D eigenvalue weighted by molar-refractivity contribution is 6.34. The number of nitrogens with one attached hydrogen (secondary N) is 1. The molecule has 3 rings (SSSR count). The Hall–Kier alpha value is -2.45. The predicted molar refractivity (Wildman–Crippen MR) is 117 cm³/mol. The molecule has 0 fully saturated rings. The first-order valence-electron chi connectivity index (χ1n) is 9.59. The lowest BCUT2D eigenvalue weighted by molar-refractivity contribution is -0.275. The zero-order valence-electron chi connectivity index (χ0n) is 17.7. The van der Waals surface area contributed by atoms with Gasteiger partial charge in [0.2, 0.25) is 0 Å². The average molecular weight is 489 g/mol. The van der Waals surface area contributed by atoms with Gasteiger partial charge in [0.05, 0.1) is 16.4 Å². The lowest BCUT2D eigenvalue weighted by atomic mass is 9.86. The Morgan fingerprint density at radius 3 is 2.44 bits per heavy atom. The van der Waals surface area contributed by atoms with E-state index in [1.807, 2.05) is 0 Å². The van der Waals surface area contributed by atoms with E-state index in [1.54, 1.807) is 33.8 Å². The Labute approximate surface area is 193 Å². The van der Waals surface area contributed by atoms with Crippen molar-refractivity contribution in [2.24, 2.45) is 5.16 Å². The third-order valence-corrected chi connectivity index (χ3v) is 5.18. The number of rotatable bonds is 3. The van der Waals surface area contributed by atoms with Crippen LogP contribution in [0.15, 0.2) is 41.6 Å². The van der Waals surface area contributed by atoms with Crippen LogP contribution in [0.4, 0.5) is 23.7 Å². The van der Waals surface area contributed by atoms with Crippen LogP contribution in [0.1, 0.15) is 43.9 Å². The van der Waals surface area contributed by atoms with E-state index in [1.165, 1.54) is 30.3 Å². The predicted octanol–water partition coefficient (Wildman–Crippen LogP) is 7.23. The first kappa shape index (κ1) is 24.2. The number of hydrogen-bond donors (Lipinski definition) is 1. The maximum Gasteiger partial charge on any atom is 0.435 e. The molecular formula is C22H21Cl2F3N2O3. The summed E-state index contributed by atoms with van der Waals surface area (Å²) >= 11 is 12.1. The normalized spacial score (nSPS) is 18.7. The molecule has 32 heavy (non-hydrogen) atoms. The maximum absolute atomic E-state index is 14.2. The molecule has 2 aromatic rings. The number of carbonyl (C=O) groups is 1. The molecule has 1 unspecified atom stereocenters. The molecule has 0 aromatic heterocycles. The number of amides is 1. The van der Waals surface area contributed by atoms with Crippen LogP contribution in [0.2, 0.25) is 10.0 Å². The Morgan fingerprint density at radius 2 is 1.84 bits per heavy atom. The molecule has 172 valence electrons. The molecule has 1 aliphatic heterocycles. The number of ether oxygens (including phenoxy) is 1. The number of nitrogens with zero attached hydrogens (tertiary/aromatic N) is 1. The van der Waals surface area contributed by atoms with Gasteiger partial charge in [0.25, 0.3) is 5.60 Å². The topological polar surface area (TPSA) is 59.9 Å². The second kappa shape index (κ2) is 8.48. The van der Waals surface area contributed by atoms with Crippen molar-refractivity contribution in [3.8, 4) is 0 Å². The largest absolute Gasteiger partial charge is 0.444 e. The summed E-state index contributed by atoms with van der Waals surface area (Å²) in [5.41, 5.74) is -2.48. The maximum atomic E-state index is 14.2. The number of anilines is 1. The summed E-state index contributed by atoms with van der Waals surface area (Å²) in [4.78, 5) is 17.1. The number of carbonyl (C=O) groups excluding carboxylic acids is 1. The van der Waals surface area contributed by atoms with Crippen LogP contribution in [-0.2, 0) is 15.2 Å². The van der Waals surface area contributed by atoms with Gasteiger partial charge in [-0.05, 0) is 57.5 Å². The minimum absolute atomic E-state index is 0.0452. The van der Waals surface area contributed by atoms with Crippen molar-refractivity contribution in [2.75, 3.05) is 5.32 Å². The van der Waals surface area contributed by atoms with Crippen LogP contribution in [0.3, 0.4) is 0 Å². The van der Waals surface area contributed by atoms with Crippen LogP contribution in [0.25, 0.3) is 0 Å². The molecule has 0 spiro atoms. The highest BCUT2D eigenvalue weighted by Crippen LogP contribution is 2.49. The second-order valence-corrected chi connectivity index (χ2v) is 9.31. The molecule has 1 aliphatic rings. The Balaban J connectivity index is 1.92. The molecule has 1 N–H and O–H groups in total. The summed E-state index contributed by atoms with van der Waals surface area (Å²) in [6, 6.07) is 8.51. The summed E-state index contributed by atoms with van der Waals surface area (Å²) in [5.74, 6) is 0. The standard InChI is InChI=1S/C22H21Cl2F3N2O3/c1-12-7-14(10-15(23)8-12)21(22(25,26)27)11-18(29-32-21)13-5-6-16(24)17(9-13)28-19(30)31-20(2,3)4/h5-10H,11H2,1-4H3,(H,28,30). The van der Waals surface area contributed by atoms with Gasteiger partial charge in [-0.2, -0.15) is 13.2 Å². The zero-order valence-corrected chi connectivity index (χ0v) is 19.2. The van der Waals surface area contributed by atoms with Crippen molar-refractivity contribution in [1.29, 1.82) is 0 Å². The van der Waals surface area contributed by atoms with Gasteiger partial charge in [0, 0.05) is 22.6 Å². The molecule has 10 heteroatoms. The van der Waals surface area contributed by atoms with Crippen molar-refractivity contribution < 1.29 is 27.5 Å². The molecule has 1 heterocycles. The van der Waals surface area contributed by atoms with Gasteiger partial charge >= 0.3 is 12.3 Å². The molecule has 0 bridgehead atoms. The molecule has 2 aromatic carbocycles. The summed E-state index contributed by atoms with van der Waals surface area (Å²) < 4.78 is 47.8. The third kappa shape index (κ3) is 5.13. The second-order valence-electron chi connectivity index (χ2n) is 8.47. The van der Waals surface area contributed by atoms with Crippen LogP contribution in [-0.4, -0.2) is 23.6 Å². The van der Waals surface area contributed by atoms with E-state index >= 15 is 0 Å². The van der Waals surface area contributed by atoms with Crippen LogP contribution < -0.4 is 5.32 Å². The zero-order chi connectivity index (χ0) is 23.9. The van der Waals surface area contributed by atoms with E-state index in [0.717, 1.165) is 0 Å². The highest BCUT2D eigenvalue weighted by atomic mass is 35.5. The van der Waals surface area contributed by atoms with E-state index in [9.17, 15) is 18.0 Å². The number of oxime groups is 1. The van der Waals surface area contributed by atoms with Crippen molar-refractivity contribution in [2.45, 2.75) is 51.5 Å². The number of halogens is 5. The van der Waals surface area contributed by atoms with Gasteiger partial charge in [-0.15, -0.1) is 0 Å². The van der Waals surface area contributed by atoms with Crippen LogP contribution in [0, 0.1) is 6.92 Å². The minimum Gasteiger partial charge on any atom is -0.444 e. The molecule has 5 nitrogen and oxygen atoms in total. The van der Waals surface area contributed by atoms with Crippen LogP contribution in [0.5, 0.6) is 0 Å². The first-order chi connectivity index (χ1) is 14.7. The Morgan fingerprint density at radius 1 is 1.16 bits per heavy atom. The van der Waals surface area contributed by atoms with Crippen molar-refractivity contribution in [1.82, 2.24) is 0 Å². The summed E-state index contributed by atoms with van der Waals surface area (Å²) in [5, 5.41) is 6.59. The molecule has 1 atom stereocenters. The van der Waals surface area contributed by atoms with Gasteiger partial charge in [0.15, 0.2) is 0 Å². The van der Waals surface area contributed by atoms with E-state index in [-0.39, 0.29) is 27.0 Å². The molecule has 0 aliphatic carbocycles. The fourth-order valence-corrected chi connectivity index (χ4v) is 3.70. The highest BCUT2D eigenvalue weighted by Gasteiger charge is 2.62. The average Bonchev–Trinajstić information content (AvgIpc) is 3.08. The van der Waals surface area contributed by atoms with Gasteiger partial charge < -0.3 is 9.57 Å². The molecule has 1 amide bonds. The van der Waals surface area contributed by atoms with Gasteiger partial charge in [-0.1, -0.05) is 40.5 Å². The molecule has 0 saturated heterocycles. The van der Waals surface area contributed by atoms with Crippen molar-refractivity contribution >= 4 is 40.7 Å². The lowest BCUT2D eigenvalue weighted by Gasteiger charge is -2.29. The van der Waals surface area contributed by atoms with E-state index < -0.39 is 29.9 Å². The van der Waals surface area contributed by atoms with Gasteiger partial charge in [0.1, 0.15) is 5.60 Å². The molecular weight excluding hydrogens is 468 g/mol. The van der Waals surface area contributed by atoms with Crippen molar-refractivity contribution in [3.05, 3.63) is 63.1 Å². The van der Waals surface area contributed by atoms with E-state index in [4.69, 9.17) is 32.8 Å². The fraction of sp³-hybridized carbons (Fsp3) is 0.364. The summed E-state index contributed by atoms with van der Waals surface area (Å²) in [6.07, 6.45) is -6.09. The lowest BCUT2D eigenvalue weighted by Crippen LogP contribution is -2.42. The van der Waals surface area contributed by atoms with Crippen molar-refractivity contribution in [3.63, 3.8) is 0 Å². The first-order valence-corrected chi connectivity index (χ1v) is 10.4. The van der Waals surface area contributed by atoms with Gasteiger partial charge in [-0.3, -0.25) is 5.32 Å².